The van der Waals surface area contributed by atoms with Gasteiger partial charge in [-0.1, -0.05) is 53.5 Å². The Kier molecular flexibility index (Phi) is 8.08. The SMILES string of the molecule is CCCCSC=C1C[C@]2(C)C3=CC(=O)[C@@H]4[C@@H]5CC(C)(C)CC[C@]5(C(=O)OC)CC[C@@]4(C)[C@]3(C)CC[C@H]2[C@@](C)(CO)C1=O. The van der Waals surface area contributed by atoms with E-state index >= 15 is 0 Å². The van der Waals surface area contributed by atoms with Crippen LogP contribution >= 0.6 is 11.8 Å². The second kappa shape index (κ2) is 10.6. The molecule has 0 aromatic carbocycles. The highest BCUT2D eigenvalue weighted by molar-refractivity contribution is 8.02. The second-order valence-corrected chi connectivity index (χ2v) is 17.2. The number of esters is 1. The minimum absolute atomic E-state index is 0.0288. The van der Waals surface area contributed by atoms with Crippen molar-refractivity contribution in [2.75, 3.05) is 19.5 Å². The molecule has 4 saturated carbocycles. The molecule has 0 heterocycles. The summed E-state index contributed by atoms with van der Waals surface area (Å²) < 4.78 is 5.46. The van der Waals surface area contributed by atoms with E-state index in [1.54, 1.807) is 11.8 Å². The Morgan fingerprint density at radius 2 is 1.76 bits per heavy atom. The summed E-state index contributed by atoms with van der Waals surface area (Å²) in [7, 11) is 1.50. The third kappa shape index (κ3) is 4.30. The normalized spacial score (nSPS) is 45.3. The van der Waals surface area contributed by atoms with E-state index in [2.05, 4.69) is 47.0 Å². The quantitative estimate of drug-likeness (QED) is 0.192. The fraction of sp³-hybridized carbons (Fsp3) is 0.806. The summed E-state index contributed by atoms with van der Waals surface area (Å²) in [6.07, 6.45) is 10.7. The molecular weight excluding hydrogens is 544 g/mol. The first kappa shape index (κ1) is 32.0. The Bertz CT molecular complexity index is 1220. The van der Waals surface area contributed by atoms with Crippen LogP contribution in [0.25, 0.3) is 0 Å². The molecular formula is C36H54O5S. The smallest absolute Gasteiger partial charge is 0.312 e. The third-order valence-corrected chi connectivity index (χ3v) is 14.5. The first-order valence-electron chi connectivity index (χ1n) is 16.4. The molecule has 4 fully saturated rings. The highest BCUT2D eigenvalue weighted by Crippen LogP contribution is 2.75. The molecule has 0 spiro atoms. The van der Waals surface area contributed by atoms with Gasteiger partial charge in [0.05, 0.1) is 24.5 Å². The van der Waals surface area contributed by atoms with Gasteiger partial charge in [-0.15, -0.1) is 11.8 Å². The summed E-state index contributed by atoms with van der Waals surface area (Å²) >= 11 is 1.71. The Balaban J connectivity index is 1.63. The van der Waals surface area contributed by atoms with E-state index < -0.39 is 16.2 Å². The summed E-state index contributed by atoms with van der Waals surface area (Å²) in [6, 6.07) is 0. The van der Waals surface area contributed by atoms with Gasteiger partial charge in [0.1, 0.15) is 0 Å². The van der Waals surface area contributed by atoms with E-state index in [9.17, 15) is 19.5 Å². The summed E-state index contributed by atoms with van der Waals surface area (Å²) in [6.45, 7) is 15.5. The molecule has 0 saturated heterocycles. The zero-order chi connectivity index (χ0) is 30.9. The number of carbonyl (C=O) groups is 3. The van der Waals surface area contributed by atoms with Gasteiger partial charge in [-0.05, 0) is 115 Å². The molecule has 0 amide bonds. The van der Waals surface area contributed by atoms with E-state index in [1.807, 2.05) is 13.0 Å². The van der Waals surface area contributed by atoms with Crippen molar-refractivity contribution in [2.45, 2.75) is 113 Å². The highest BCUT2D eigenvalue weighted by Gasteiger charge is 2.71. The van der Waals surface area contributed by atoms with Gasteiger partial charge in [0, 0.05) is 11.5 Å². The van der Waals surface area contributed by atoms with Crippen LogP contribution in [0.4, 0.5) is 0 Å². The van der Waals surface area contributed by atoms with E-state index in [4.69, 9.17) is 4.74 Å². The van der Waals surface area contributed by atoms with Crippen LogP contribution in [-0.2, 0) is 19.1 Å². The van der Waals surface area contributed by atoms with Crippen molar-refractivity contribution >= 4 is 29.3 Å². The Labute approximate surface area is 258 Å². The molecule has 5 aliphatic carbocycles. The van der Waals surface area contributed by atoms with Gasteiger partial charge in [-0.25, -0.2) is 0 Å². The minimum atomic E-state index is -0.868. The fourth-order valence-electron chi connectivity index (χ4n) is 10.9. The summed E-state index contributed by atoms with van der Waals surface area (Å²) in [4.78, 5) is 42.0. The van der Waals surface area contributed by atoms with Gasteiger partial charge in [-0.3, -0.25) is 14.4 Å². The molecule has 42 heavy (non-hydrogen) atoms. The monoisotopic (exact) mass is 598 g/mol. The number of allylic oxidation sites excluding steroid dienone is 3. The van der Waals surface area contributed by atoms with Crippen LogP contribution in [0.15, 0.2) is 22.6 Å². The van der Waals surface area contributed by atoms with Crippen molar-refractivity contribution < 1.29 is 24.2 Å². The lowest BCUT2D eigenvalue weighted by atomic mass is 9.33. The maximum atomic E-state index is 14.6. The van der Waals surface area contributed by atoms with Gasteiger partial charge in [-0.2, -0.15) is 0 Å². The first-order chi connectivity index (χ1) is 19.6. The number of methoxy groups -OCH3 is 1. The number of rotatable bonds is 6. The third-order valence-electron chi connectivity index (χ3n) is 13.6. The molecule has 5 nitrogen and oxygen atoms in total. The molecule has 8 atom stereocenters. The molecule has 0 unspecified atom stereocenters. The number of unbranched alkanes of at least 4 members (excludes halogenated alkanes) is 1. The lowest BCUT2D eigenvalue weighted by Crippen LogP contribution is -2.66. The molecule has 0 radical (unpaired) electrons. The van der Waals surface area contributed by atoms with E-state index in [-0.39, 0.29) is 58.1 Å². The number of Topliss-reactive ketones (excluding diaryl/α,β-unsaturated/α-hetero) is 1. The summed E-state index contributed by atoms with van der Waals surface area (Å²) in [5.74, 6) is 0.785. The number of ether oxygens (including phenoxy) is 1. The number of thioether (sulfide) groups is 1. The molecule has 0 aromatic heterocycles. The summed E-state index contributed by atoms with van der Waals surface area (Å²) in [5.41, 5.74) is -0.338. The molecule has 0 bridgehead atoms. The maximum Gasteiger partial charge on any atom is 0.312 e. The average Bonchev–Trinajstić information content (AvgIpc) is 2.94. The number of aliphatic hydroxyl groups excluding tert-OH is 1. The van der Waals surface area contributed by atoms with Crippen molar-refractivity contribution in [3.05, 3.63) is 22.6 Å². The predicted molar refractivity (Wildman–Crippen MR) is 169 cm³/mol. The molecule has 234 valence electrons. The highest BCUT2D eigenvalue weighted by atomic mass is 32.2. The number of hydrogen-bond acceptors (Lipinski definition) is 6. The zero-order valence-corrected chi connectivity index (χ0v) is 28.2. The Hall–Kier alpha value is -1.40. The molecule has 1 N–H and O–H groups in total. The molecule has 0 aliphatic heterocycles. The van der Waals surface area contributed by atoms with Gasteiger partial charge >= 0.3 is 5.97 Å². The molecule has 5 rings (SSSR count). The van der Waals surface area contributed by atoms with Gasteiger partial charge in [0.2, 0.25) is 0 Å². The second-order valence-electron chi connectivity index (χ2n) is 16.3. The summed E-state index contributed by atoms with van der Waals surface area (Å²) in [5, 5.41) is 12.8. The van der Waals surface area contributed by atoms with Crippen LogP contribution in [0.2, 0.25) is 0 Å². The lowest BCUT2D eigenvalue weighted by Gasteiger charge is -2.69. The van der Waals surface area contributed by atoms with Gasteiger partial charge < -0.3 is 9.84 Å². The number of carbonyl (C=O) groups excluding carboxylic acids is 3. The van der Waals surface area contributed by atoms with Crippen molar-refractivity contribution in [3.63, 3.8) is 0 Å². The van der Waals surface area contributed by atoms with Crippen molar-refractivity contribution in [1.29, 1.82) is 0 Å². The van der Waals surface area contributed by atoms with Crippen LogP contribution in [0, 0.1) is 50.2 Å². The van der Waals surface area contributed by atoms with E-state index in [0.717, 1.165) is 69.1 Å². The van der Waals surface area contributed by atoms with Crippen LogP contribution in [0.5, 0.6) is 0 Å². The topological polar surface area (TPSA) is 80.7 Å². The number of aliphatic hydroxyl groups is 1. The number of fused-ring (bicyclic) bond motifs is 7. The Morgan fingerprint density at radius 3 is 2.40 bits per heavy atom. The zero-order valence-electron chi connectivity index (χ0n) is 27.4. The van der Waals surface area contributed by atoms with Crippen LogP contribution in [-0.4, -0.2) is 42.1 Å². The van der Waals surface area contributed by atoms with Gasteiger partial charge in [0.15, 0.2) is 11.6 Å². The number of hydrogen-bond donors (Lipinski definition) is 1. The largest absolute Gasteiger partial charge is 0.469 e. The maximum absolute atomic E-state index is 14.6. The van der Waals surface area contributed by atoms with E-state index in [0.29, 0.717) is 6.42 Å². The van der Waals surface area contributed by atoms with Crippen LogP contribution < -0.4 is 0 Å². The van der Waals surface area contributed by atoms with E-state index in [1.165, 1.54) is 12.7 Å². The number of ketones is 2. The minimum Gasteiger partial charge on any atom is -0.469 e. The lowest BCUT2D eigenvalue weighted by molar-refractivity contribution is -0.192. The average molecular weight is 599 g/mol. The standard InChI is InChI=1S/C36H54O5S/c1-9-10-17-42-21-23-19-32(4)26(33(5,22-37)29(23)39)11-12-34(6)27(32)18-25(38)28-24-20-31(2,3)13-15-36(24,30(40)41-8)16-14-35(28,34)7/h18,21,24,26,28,37H,9-17,19-20,22H2,1-8H3/t24-,26+,28-,32-,33+,34+,35+,36-/m0/s1. The van der Waals surface area contributed by atoms with Crippen LogP contribution in [0.3, 0.4) is 0 Å². The molecule has 0 aromatic rings. The van der Waals surface area contributed by atoms with Crippen molar-refractivity contribution in [1.82, 2.24) is 0 Å². The molecule has 6 heteroatoms. The molecule has 5 aliphatic rings. The fourth-order valence-corrected chi connectivity index (χ4v) is 11.9. The van der Waals surface area contributed by atoms with Gasteiger partial charge in [0.25, 0.3) is 0 Å². The predicted octanol–water partition coefficient (Wildman–Crippen LogP) is 7.71. The van der Waals surface area contributed by atoms with Crippen molar-refractivity contribution in [2.24, 2.45) is 50.2 Å². The van der Waals surface area contributed by atoms with Crippen LogP contribution in [0.1, 0.15) is 113 Å². The van der Waals surface area contributed by atoms with Crippen molar-refractivity contribution in [3.8, 4) is 0 Å². The Morgan fingerprint density at radius 1 is 1.07 bits per heavy atom. The first-order valence-corrected chi connectivity index (χ1v) is 17.5.